The highest BCUT2D eigenvalue weighted by Gasteiger charge is 2.20. The van der Waals surface area contributed by atoms with Crippen LogP contribution in [0, 0.1) is 0 Å². The molecule has 0 saturated heterocycles. The molecule has 1 aliphatic rings. The van der Waals surface area contributed by atoms with Crippen molar-refractivity contribution in [2.24, 2.45) is 0 Å². The van der Waals surface area contributed by atoms with Crippen LogP contribution in [-0.4, -0.2) is 27.8 Å². The lowest BCUT2D eigenvalue weighted by atomic mass is 9.90. The molecule has 4 rings (SSSR count). The molecular formula is C20H23N5O2S. The number of hydrogen-bond donors (Lipinski definition) is 2. The lowest BCUT2D eigenvalue weighted by Gasteiger charge is -2.18. The molecule has 2 N–H and O–H groups in total. The Morgan fingerprint density at radius 2 is 1.96 bits per heavy atom. The highest BCUT2D eigenvalue weighted by atomic mass is 32.1. The van der Waals surface area contributed by atoms with E-state index in [4.69, 9.17) is 4.42 Å². The molecule has 146 valence electrons. The normalized spacial score (nSPS) is 14.7. The molecule has 3 aromatic rings. The van der Waals surface area contributed by atoms with Crippen LogP contribution in [0.5, 0.6) is 0 Å². The van der Waals surface area contributed by atoms with Crippen molar-refractivity contribution in [3.05, 3.63) is 47.3 Å². The van der Waals surface area contributed by atoms with Gasteiger partial charge in [-0.1, -0.05) is 48.8 Å². The lowest BCUT2D eigenvalue weighted by molar-refractivity contribution is 0.252. The third kappa shape index (κ3) is 4.75. The Labute approximate surface area is 167 Å². The maximum absolute atomic E-state index is 12.1. The topological polar surface area (TPSA) is 92.9 Å². The molecule has 0 bridgehead atoms. The number of aromatic nitrogens is 3. The summed E-state index contributed by atoms with van der Waals surface area (Å²) in [5.74, 6) is 1.08. The molecule has 1 fully saturated rings. The van der Waals surface area contributed by atoms with Crippen LogP contribution >= 0.6 is 11.3 Å². The molecule has 2 heterocycles. The van der Waals surface area contributed by atoms with E-state index in [9.17, 15) is 4.79 Å². The lowest BCUT2D eigenvalue weighted by Crippen LogP contribution is -2.30. The summed E-state index contributed by atoms with van der Waals surface area (Å²) in [5, 5.41) is 15.5. The van der Waals surface area contributed by atoms with Gasteiger partial charge in [0.1, 0.15) is 11.3 Å². The van der Waals surface area contributed by atoms with E-state index in [2.05, 4.69) is 25.8 Å². The van der Waals surface area contributed by atoms with Gasteiger partial charge in [0, 0.05) is 24.4 Å². The molecule has 0 radical (unpaired) electrons. The zero-order valence-corrected chi connectivity index (χ0v) is 16.4. The van der Waals surface area contributed by atoms with Gasteiger partial charge in [-0.2, -0.15) is 0 Å². The zero-order valence-electron chi connectivity index (χ0n) is 15.6. The molecule has 0 aliphatic heterocycles. The summed E-state index contributed by atoms with van der Waals surface area (Å²) in [7, 11) is 0. The monoisotopic (exact) mass is 397 g/mol. The Morgan fingerprint density at radius 1 is 1.14 bits per heavy atom. The van der Waals surface area contributed by atoms with Gasteiger partial charge in [-0.25, -0.2) is 9.78 Å². The minimum absolute atomic E-state index is 0.280. The number of urea groups is 1. The Balaban J connectivity index is 1.23. The second kappa shape index (κ2) is 8.97. The van der Waals surface area contributed by atoms with Crippen molar-refractivity contribution in [3.8, 4) is 11.5 Å². The van der Waals surface area contributed by atoms with Crippen molar-refractivity contribution < 1.29 is 9.21 Å². The number of carbonyl (C=O) groups is 1. The van der Waals surface area contributed by atoms with E-state index in [1.807, 2.05) is 30.3 Å². The Morgan fingerprint density at radius 3 is 2.79 bits per heavy atom. The average molecular weight is 398 g/mol. The van der Waals surface area contributed by atoms with E-state index in [1.54, 1.807) is 6.26 Å². The maximum atomic E-state index is 12.1. The number of rotatable bonds is 6. The fourth-order valence-corrected chi connectivity index (χ4v) is 4.29. The zero-order chi connectivity index (χ0) is 19.2. The van der Waals surface area contributed by atoms with E-state index >= 15 is 0 Å². The number of nitrogens with one attached hydrogen (secondary N) is 2. The van der Waals surface area contributed by atoms with Crippen LogP contribution in [0.1, 0.15) is 48.7 Å². The predicted octanol–water partition coefficient (Wildman–Crippen LogP) is 4.61. The summed E-state index contributed by atoms with van der Waals surface area (Å²) in [5.41, 5.74) is 1.74. The van der Waals surface area contributed by atoms with Crippen molar-refractivity contribution in [1.29, 1.82) is 0 Å². The summed E-state index contributed by atoms with van der Waals surface area (Å²) in [6.45, 7) is 0.459. The summed E-state index contributed by atoms with van der Waals surface area (Å²) in [6.07, 6.45) is 8.37. The van der Waals surface area contributed by atoms with E-state index in [1.165, 1.54) is 43.4 Å². The third-order valence-corrected chi connectivity index (χ3v) is 5.86. The van der Waals surface area contributed by atoms with E-state index < -0.39 is 0 Å². The minimum atomic E-state index is -0.280. The molecular weight excluding hydrogens is 374 g/mol. The maximum Gasteiger partial charge on any atom is 0.321 e. The summed E-state index contributed by atoms with van der Waals surface area (Å²) in [6, 6.07) is 9.45. The second-order valence-corrected chi connectivity index (χ2v) is 7.93. The van der Waals surface area contributed by atoms with Crippen LogP contribution in [0.3, 0.4) is 0 Å². The SMILES string of the molecule is O=C(NCCc1coc(-c2ccccc2)n1)Nc1nnc(C2CCCCC2)s1. The number of hydrogen-bond acceptors (Lipinski definition) is 6. The number of benzene rings is 1. The summed E-state index contributed by atoms with van der Waals surface area (Å²) >= 11 is 1.48. The number of nitrogens with zero attached hydrogens (tertiary/aromatic N) is 3. The third-order valence-electron chi connectivity index (χ3n) is 4.85. The van der Waals surface area contributed by atoms with Gasteiger partial charge in [-0.15, -0.1) is 10.2 Å². The van der Waals surface area contributed by atoms with Gasteiger partial charge in [-0.05, 0) is 25.0 Å². The van der Waals surface area contributed by atoms with Crippen LogP contribution in [0.2, 0.25) is 0 Å². The highest BCUT2D eigenvalue weighted by Crippen LogP contribution is 2.35. The Kier molecular flexibility index (Phi) is 5.96. The van der Waals surface area contributed by atoms with Crippen LogP contribution in [-0.2, 0) is 6.42 Å². The molecule has 2 aromatic heterocycles. The molecule has 0 atom stereocenters. The van der Waals surface area contributed by atoms with Crippen LogP contribution in [0.25, 0.3) is 11.5 Å². The van der Waals surface area contributed by atoms with Crippen molar-refractivity contribution in [3.63, 3.8) is 0 Å². The molecule has 1 aromatic carbocycles. The van der Waals surface area contributed by atoms with Gasteiger partial charge in [0.25, 0.3) is 0 Å². The Bertz CT molecular complexity index is 902. The van der Waals surface area contributed by atoms with Crippen molar-refractivity contribution in [1.82, 2.24) is 20.5 Å². The first kappa shape index (κ1) is 18.6. The standard InChI is InChI=1S/C20H23N5O2S/c26-19(23-20-25-24-18(28-20)15-9-5-2-6-10-15)21-12-11-16-13-27-17(22-16)14-7-3-1-4-8-14/h1,3-4,7-8,13,15H,2,5-6,9-12H2,(H2,21,23,25,26). The molecule has 28 heavy (non-hydrogen) atoms. The fourth-order valence-electron chi connectivity index (χ4n) is 3.38. The van der Waals surface area contributed by atoms with E-state index in [0.717, 1.165) is 16.3 Å². The van der Waals surface area contributed by atoms with Gasteiger partial charge in [0.15, 0.2) is 0 Å². The molecule has 1 aliphatic carbocycles. The van der Waals surface area contributed by atoms with Crippen LogP contribution < -0.4 is 10.6 Å². The van der Waals surface area contributed by atoms with Crippen molar-refractivity contribution >= 4 is 22.5 Å². The number of amides is 2. The smallest absolute Gasteiger partial charge is 0.321 e. The fraction of sp³-hybridized carbons (Fsp3) is 0.400. The Hall–Kier alpha value is -2.74. The van der Waals surface area contributed by atoms with Crippen molar-refractivity contribution in [2.45, 2.75) is 44.4 Å². The van der Waals surface area contributed by atoms with Gasteiger partial charge in [-0.3, -0.25) is 5.32 Å². The molecule has 8 heteroatoms. The first-order valence-electron chi connectivity index (χ1n) is 9.66. The minimum Gasteiger partial charge on any atom is -0.444 e. The molecule has 1 saturated carbocycles. The predicted molar refractivity (Wildman–Crippen MR) is 108 cm³/mol. The first-order valence-corrected chi connectivity index (χ1v) is 10.5. The van der Waals surface area contributed by atoms with Gasteiger partial charge >= 0.3 is 6.03 Å². The number of oxazole rings is 1. The van der Waals surface area contributed by atoms with Crippen molar-refractivity contribution in [2.75, 3.05) is 11.9 Å². The molecule has 0 unspecified atom stereocenters. The van der Waals surface area contributed by atoms with E-state index in [0.29, 0.717) is 29.9 Å². The largest absolute Gasteiger partial charge is 0.444 e. The van der Waals surface area contributed by atoms with E-state index in [-0.39, 0.29) is 6.03 Å². The van der Waals surface area contributed by atoms with Gasteiger partial charge in [0.2, 0.25) is 11.0 Å². The number of anilines is 1. The molecule has 2 amide bonds. The average Bonchev–Trinajstić information content (AvgIpc) is 3.39. The molecule has 0 spiro atoms. The molecule has 7 nitrogen and oxygen atoms in total. The summed E-state index contributed by atoms with van der Waals surface area (Å²) < 4.78 is 5.51. The van der Waals surface area contributed by atoms with Gasteiger partial charge in [0.05, 0.1) is 5.69 Å². The first-order chi connectivity index (χ1) is 13.8. The second-order valence-electron chi connectivity index (χ2n) is 6.92. The highest BCUT2D eigenvalue weighted by molar-refractivity contribution is 7.15. The van der Waals surface area contributed by atoms with Gasteiger partial charge < -0.3 is 9.73 Å². The van der Waals surface area contributed by atoms with Crippen LogP contribution in [0.4, 0.5) is 9.93 Å². The number of carbonyl (C=O) groups excluding carboxylic acids is 1. The summed E-state index contributed by atoms with van der Waals surface area (Å²) in [4.78, 5) is 16.5. The quantitative estimate of drug-likeness (QED) is 0.634. The van der Waals surface area contributed by atoms with Crippen LogP contribution in [0.15, 0.2) is 41.0 Å².